The molecule has 0 aliphatic heterocycles. The summed E-state index contributed by atoms with van der Waals surface area (Å²) in [6.45, 7) is 23.3. The van der Waals surface area contributed by atoms with Gasteiger partial charge in [0.15, 0.2) is 0 Å². The maximum absolute atomic E-state index is 5.74. The Morgan fingerprint density at radius 2 is 1.05 bits per heavy atom. The molecular formula is C32H46Cl4Zr2. The molecule has 210 valence electrons. The quantitative estimate of drug-likeness (QED) is 0.348. The molecule has 0 amide bonds. The summed E-state index contributed by atoms with van der Waals surface area (Å²) in [5.74, 6) is 0. The zero-order chi connectivity index (χ0) is 27.6. The fraction of sp³-hybridized carbons (Fsp3) is 0.500. The Kier molecular flexibility index (Phi) is 16.3. The second-order valence-electron chi connectivity index (χ2n) is 11.7. The molecule has 0 bridgehead atoms. The Morgan fingerprint density at radius 3 is 1.24 bits per heavy atom. The molecule has 0 aromatic carbocycles. The van der Waals surface area contributed by atoms with Gasteiger partial charge in [-0.3, -0.25) is 0 Å². The molecule has 0 saturated carbocycles. The minimum absolute atomic E-state index is 0. The molecule has 0 unspecified atom stereocenters. The van der Waals surface area contributed by atoms with E-state index in [9.17, 15) is 0 Å². The first kappa shape index (κ1) is 38.8. The molecule has 0 atom stereocenters. The van der Waals surface area contributed by atoms with Crippen molar-refractivity contribution in [2.75, 3.05) is 0 Å². The molecule has 0 nitrogen and oxygen atoms in total. The molecule has 6 heteroatoms. The number of halogens is 4. The summed E-state index contributed by atoms with van der Waals surface area (Å²) in [6.07, 6.45) is 15.1. The van der Waals surface area contributed by atoms with Crippen LogP contribution in [-0.4, -0.2) is 0 Å². The SMILES string of the molecule is CC1=C(C)C(C)(C)C(C2=C(C)C(C)=C(C)C2(C)C)=C1C.[CH3][Zr+2]([CH3])[C]1=CC=CC1.[Cl-].[Cl-].[Cl][Zr]([Cl])[C]1=CC=CC1. The van der Waals surface area contributed by atoms with Crippen LogP contribution < -0.4 is 24.8 Å². The predicted molar refractivity (Wildman–Crippen MR) is 157 cm³/mol. The van der Waals surface area contributed by atoms with Gasteiger partial charge in [0.2, 0.25) is 0 Å². The van der Waals surface area contributed by atoms with Crippen LogP contribution in [0.2, 0.25) is 9.26 Å². The van der Waals surface area contributed by atoms with Gasteiger partial charge in [-0.1, -0.05) is 38.8 Å². The van der Waals surface area contributed by atoms with Gasteiger partial charge in [-0.15, -0.1) is 0 Å². The van der Waals surface area contributed by atoms with Gasteiger partial charge < -0.3 is 24.8 Å². The van der Waals surface area contributed by atoms with Crippen molar-refractivity contribution in [3.05, 3.63) is 87.6 Å². The van der Waals surface area contributed by atoms with E-state index in [0.717, 1.165) is 6.42 Å². The van der Waals surface area contributed by atoms with Crippen LogP contribution in [0.5, 0.6) is 0 Å². The summed E-state index contributed by atoms with van der Waals surface area (Å²) in [4.78, 5) is 0. The normalized spacial score (nSPS) is 20.4. The molecule has 0 heterocycles. The summed E-state index contributed by atoms with van der Waals surface area (Å²) < 4.78 is 7.91. The van der Waals surface area contributed by atoms with Gasteiger partial charge in [-0.05, 0) is 75.0 Å². The Bertz CT molecular complexity index is 1040. The third-order valence-electron chi connectivity index (χ3n) is 8.80. The number of hydrogen-bond acceptors (Lipinski definition) is 0. The van der Waals surface area contributed by atoms with Crippen LogP contribution in [0, 0.1) is 10.8 Å². The van der Waals surface area contributed by atoms with E-state index < -0.39 is 41.1 Å². The Labute approximate surface area is 269 Å². The van der Waals surface area contributed by atoms with E-state index in [1.807, 2.05) is 12.2 Å². The van der Waals surface area contributed by atoms with Crippen LogP contribution >= 0.6 is 17.0 Å². The van der Waals surface area contributed by atoms with Gasteiger partial charge in [0, 0.05) is 10.8 Å². The molecule has 0 fully saturated rings. The van der Waals surface area contributed by atoms with Crippen molar-refractivity contribution < 1.29 is 65.9 Å². The summed E-state index contributed by atoms with van der Waals surface area (Å²) in [6, 6.07) is 0. The molecule has 4 aliphatic rings. The topological polar surface area (TPSA) is 0 Å². The van der Waals surface area contributed by atoms with E-state index in [0.29, 0.717) is 0 Å². The summed E-state index contributed by atoms with van der Waals surface area (Å²) >= 11 is -2.87. The summed E-state index contributed by atoms with van der Waals surface area (Å²) in [5.41, 5.74) is 12.5. The Hall–Kier alpha value is 0.846. The molecule has 0 N–H and O–H groups in total. The zero-order valence-corrected chi connectivity index (χ0v) is 33.3. The van der Waals surface area contributed by atoms with Gasteiger partial charge >= 0.3 is 123 Å². The second kappa shape index (κ2) is 15.9. The first-order chi connectivity index (χ1) is 16.6. The van der Waals surface area contributed by atoms with E-state index in [4.69, 9.17) is 17.0 Å². The van der Waals surface area contributed by atoms with Crippen molar-refractivity contribution in [1.82, 2.24) is 0 Å². The maximum atomic E-state index is 5.74. The first-order valence-corrected chi connectivity index (χ1v) is 26.8. The third kappa shape index (κ3) is 8.45. The van der Waals surface area contributed by atoms with Gasteiger partial charge in [-0.2, -0.15) is 0 Å². The average Bonchev–Trinajstić information content (AvgIpc) is 3.58. The minimum atomic E-state index is -1.96. The van der Waals surface area contributed by atoms with Gasteiger partial charge in [0.05, 0.1) is 0 Å². The molecule has 4 rings (SSSR count). The summed E-state index contributed by atoms with van der Waals surface area (Å²) in [7, 11) is 11.5. The van der Waals surface area contributed by atoms with Crippen LogP contribution in [0.4, 0.5) is 0 Å². The predicted octanol–water partition coefficient (Wildman–Crippen LogP) is 5.68. The van der Waals surface area contributed by atoms with E-state index in [1.54, 1.807) is 14.4 Å². The van der Waals surface area contributed by atoms with Crippen molar-refractivity contribution in [2.24, 2.45) is 10.8 Å². The fourth-order valence-electron chi connectivity index (χ4n) is 5.59. The standard InChI is InChI=1S/C20H30.2C5H5.2CH3.4ClH.2Zr/c1-11-13(3)17(19(7,8)15(11)5)18-14(4)12(2)16(6)20(18,9)10;2*1-2-4-5-3-1;;;;;;;;/h1-10H3;2*1-3H,4H2;2*1H3;4*1H;;/q;;;;;;;;;2*+2/p-4. The average molecular weight is 755 g/mol. The molecule has 0 aromatic rings. The van der Waals surface area contributed by atoms with Crippen LogP contribution in [0.1, 0.15) is 82.1 Å². The van der Waals surface area contributed by atoms with E-state index in [-0.39, 0.29) is 35.6 Å². The Morgan fingerprint density at radius 1 is 0.658 bits per heavy atom. The van der Waals surface area contributed by atoms with Crippen LogP contribution in [-0.2, 0) is 41.1 Å². The van der Waals surface area contributed by atoms with Crippen LogP contribution in [0.15, 0.2) is 87.6 Å². The van der Waals surface area contributed by atoms with Crippen molar-refractivity contribution >= 4 is 17.0 Å². The van der Waals surface area contributed by atoms with Crippen molar-refractivity contribution in [3.63, 3.8) is 0 Å². The number of hydrogen-bond donors (Lipinski definition) is 0. The molecule has 0 radical (unpaired) electrons. The third-order valence-corrected chi connectivity index (χ3v) is 17.8. The first-order valence-electron chi connectivity index (χ1n) is 13.1. The number of allylic oxidation sites excluding steroid dienone is 16. The molecule has 38 heavy (non-hydrogen) atoms. The molecule has 0 saturated heterocycles. The van der Waals surface area contributed by atoms with Crippen molar-refractivity contribution in [1.29, 1.82) is 0 Å². The van der Waals surface area contributed by atoms with Crippen molar-refractivity contribution in [3.8, 4) is 0 Å². The van der Waals surface area contributed by atoms with E-state index in [2.05, 4.69) is 103 Å². The van der Waals surface area contributed by atoms with Crippen LogP contribution in [0.25, 0.3) is 0 Å². The second-order valence-corrected chi connectivity index (χ2v) is 26.6. The number of rotatable bonds is 3. The van der Waals surface area contributed by atoms with Gasteiger partial charge in [-0.25, -0.2) is 0 Å². The molecule has 0 aromatic heterocycles. The molecular weight excluding hydrogens is 709 g/mol. The summed E-state index contributed by atoms with van der Waals surface area (Å²) in [5, 5.41) is 0. The van der Waals surface area contributed by atoms with E-state index >= 15 is 0 Å². The van der Waals surface area contributed by atoms with E-state index in [1.165, 1.54) is 43.1 Å². The zero-order valence-electron chi connectivity index (χ0n) is 25.4. The van der Waals surface area contributed by atoms with Gasteiger partial charge in [0.1, 0.15) is 0 Å². The molecule has 0 spiro atoms. The van der Waals surface area contributed by atoms with Gasteiger partial charge in [0.25, 0.3) is 0 Å². The Balaban J connectivity index is 0.000000629. The van der Waals surface area contributed by atoms with Crippen molar-refractivity contribution in [2.45, 2.75) is 91.3 Å². The fourth-order valence-corrected chi connectivity index (χ4v) is 10.8. The van der Waals surface area contributed by atoms with Crippen LogP contribution in [0.3, 0.4) is 0 Å². The monoisotopic (exact) mass is 750 g/mol. The molecule has 4 aliphatic carbocycles.